The first-order valence-electron chi connectivity index (χ1n) is 14.2. The van der Waals surface area contributed by atoms with Crippen LogP contribution in [-0.4, -0.2) is 91.1 Å². The summed E-state index contributed by atoms with van der Waals surface area (Å²) in [7, 11) is 3.04. The van der Waals surface area contributed by atoms with Gasteiger partial charge >= 0.3 is 7.12 Å². The van der Waals surface area contributed by atoms with E-state index in [0.717, 1.165) is 18.0 Å². The van der Waals surface area contributed by atoms with Crippen molar-refractivity contribution in [3.8, 4) is 0 Å². The molecule has 13 nitrogen and oxygen atoms in total. The number of nitrogens with one attached hydrogen (secondary N) is 4. The molecule has 220 valence electrons. The van der Waals surface area contributed by atoms with E-state index in [0.29, 0.717) is 43.6 Å². The third kappa shape index (κ3) is 6.50. The molecule has 2 aliphatic heterocycles. The van der Waals surface area contributed by atoms with Crippen LogP contribution in [0.2, 0.25) is 0 Å². The Kier molecular flexibility index (Phi) is 8.82. The molecule has 0 aromatic heterocycles. The molecule has 0 aromatic rings. The first-order valence-corrected chi connectivity index (χ1v) is 14.2. The lowest BCUT2D eigenvalue weighted by Gasteiger charge is -2.64. The van der Waals surface area contributed by atoms with Crippen LogP contribution in [0.15, 0.2) is 0 Å². The summed E-state index contributed by atoms with van der Waals surface area (Å²) in [6.45, 7) is 11.6. The smallest absolute Gasteiger partial charge is 0.404 e. The fraction of sp³-hybridized carbons (Fsp3) is 0.920. The van der Waals surface area contributed by atoms with Gasteiger partial charge in [0, 0.05) is 0 Å². The molecule has 3 saturated carbocycles. The maximum Gasteiger partial charge on any atom is 0.481 e. The Bertz CT molecular complexity index is 939. The van der Waals surface area contributed by atoms with Crippen LogP contribution in [0.25, 0.3) is 0 Å². The Balaban J connectivity index is 1.39. The van der Waals surface area contributed by atoms with E-state index in [1.807, 2.05) is 0 Å². The Morgan fingerprint density at radius 3 is 2.54 bits per heavy atom. The molecule has 0 radical (unpaired) electrons. The number of carbonyl (C=O) groups is 2. The van der Waals surface area contributed by atoms with Gasteiger partial charge in [-0.1, -0.05) is 27.7 Å². The van der Waals surface area contributed by atoms with E-state index in [4.69, 9.17) is 9.31 Å². The number of nitrogens with zero attached hydrogens (tertiary/aromatic N) is 3. The maximum absolute atomic E-state index is 13.6. The van der Waals surface area contributed by atoms with Crippen LogP contribution in [0.1, 0.15) is 66.7 Å². The Labute approximate surface area is 231 Å². The van der Waals surface area contributed by atoms with Crippen molar-refractivity contribution >= 4 is 18.9 Å². The van der Waals surface area contributed by atoms with Gasteiger partial charge in [0.15, 0.2) is 5.03 Å². The SMILES string of the molecule is CC(C)C[C@H](NC(=O)[C@H](CCCNC1NN1[N+](=O)[O-])NC(=O)CN(C)C)B1O[C@@H]2C[C@@H]3C[C@@H](C3(C)C)[C@]2(C)O1. The Morgan fingerprint density at radius 1 is 1.23 bits per heavy atom. The first-order chi connectivity index (χ1) is 18.2. The van der Waals surface area contributed by atoms with E-state index in [2.05, 4.69) is 56.0 Å². The summed E-state index contributed by atoms with van der Waals surface area (Å²) in [6, 6.07) is -0.751. The monoisotopic (exact) mass is 551 g/mol. The number of amides is 2. The fourth-order valence-corrected chi connectivity index (χ4v) is 6.81. The van der Waals surface area contributed by atoms with E-state index in [1.54, 1.807) is 19.0 Å². The molecule has 4 N–H and O–H groups in total. The zero-order chi connectivity index (χ0) is 28.7. The number of nitro groups is 1. The van der Waals surface area contributed by atoms with Crippen LogP contribution in [0.4, 0.5) is 0 Å². The van der Waals surface area contributed by atoms with Crippen molar-refractivity contribution in [2.45, 2.75) is 96.7 Å². The molecule has 7 atom stereocenters. The van der Waals surface area contributed by atoms with Crippen LogP contribution >= 0.6 is 0 Å². The van der Waals surface area contributed by atoms with Crippen molar-refractivity contribution in [3.05, 3.63) is 10.1 Å². The highest BCUT2D eigenvalue weighted by molar-refractivity contribution is 6.47. The summed E-state index contributed by atoms with van der Waals surface area (Å²) >= 11 is 0. The summed E-state index contributed by atoms with van der Waals surface area (Å²) in [5.74, 6) is 0.480. The third-order valence-electron chi connectivity index (χ3n) is 9.08. The van der Waals surface area contributed by atoms with Crippen molar-refractivity contribution in [2.24, 2.45) is 23.2 Å². The standard InChI is InChI=1S/C25H46BN7O6/c1-15(2)11-20(26-38-19-13-16-12-18(24(16,3)4)25(19,5)39-26)29-22(35)17(28-21(34)14-31(6)7)9-8-10-27-23-30-32(23)33(36)37/h15-20,23,27,30H,8-14H2,1-7H3,(H,28,34)(H,29,35)/t16-,17-,18-,19+,20-,23?,25-,32?/m0/s1. The van der Waals surface area contributed by atoms with Crippen LogP contribution in [0.3, 0.4) is 0 Å². The largest absolute Gasteiger partial charge is 0.481 e. The van der Waals surface area contributed by atoms with Gasteiger partial charge < -0.3 is 24.8 Å². The second-order valence-corrected chi connectivity index (χ2v) is 13.1. The second-order valence-electron chi connectivity index (χ2n) is 13.1. The highest BCUT2D eigenvalue weighted by Crippen LogP contribution is 2.65. The minimum absolute atomic E-state index is 0.0160. The molecule has 1 unspecified atom stereocenters. The van der Waals surface area contributed by atoms with Gasteiger partial charge in [-0.05, 0) is 88.0 Å². The lowest BCUT2D eigenvalue weighted by molar-refractivity contribution is -0.627. The number of rotatable bonds is 14. The van der Waals surface area contributed by atoms with Crippen LogP contribution in [-0.2, 0) is 18.9 Å². The van der Waals surface area contributed by atoms with Gasteiger partial charge in [0.1, 0.15) is 6.04 Å². The normalized spacial score (nSPS) is 31.9. The summed E-state index contributed by atoms with van der Waals surface area (Å²) in [5.41, 5.74) is 2.44. The zero-order valence-electron chi connectivity index (χ0n) is 24.4. The fourth-order valence-electron chi connectivity index (χ4n) is 6.81. The molecule has 5 rings (SSSR count). The van der Waals surface area contributed by atoms with Crippen molar-refractivity contribution in [1.29, 1.82) is 0 Å². The molecular formula is C25H46BN7O6. The highest BCUT2D eigenvalue weighted by atomic mass is 16.7. The van der Waals surface area contributed by atoms with Gasteiger partial charge in [-0.15, -0.1) is 5.43 Å². The predicted molar refractivity (Wildman–Crippen MR) is 145 cm³/mol. The second kappa shape index (κ2) is 11.5. The summed E-state index contributed by atoms with van der Waals surface area (Å²) in [5, 5.41) is 20.1. The predicted octanol–water partition coefficient (Wildman–Crippen LogP) is 0.497. The number of likely N-dealkylation sites (N-methyl/N-ethyl adjacent to an activating group) is 1. The minimum atomic E-state index is -0.751. The van der Waals surface area contributed by atoms with Gasteiger partial charge in [-0.25, -0.2) is 10.1 Å². The zero-order valence-corrected chi connectivity index (χ0v) is 24.4. The van der Waals surface area contributed by atoms with Crippen molar-refractivity contribution in [3.63, 3.8) is 0 Å². The van der Waals surface area contributed by atoms with E-state index in [9.17, 15) is 19.7 Å². The van der Waals surface area contributed by atoms with E-state index in [1.165, 1.54) is 0 Å². The average molecular weight is 551 g/mol. The molecule has 2 amide bonds. The van der Waals surface area contributed by atoms with Crippen LogP contribution in [0.5, 0.6) is 0 Å². The molecule has 2 bridgehead atoms. The maximum atomic E-state index is 13.6. The Morgan fingerprint density at radius 2 is 1.95 bits per heavy atom. The third-order valence-corrected chi connectivity index (χ3v) is 9.08. The summed E-state index contributed by atoms with van der Waals surface area (Å²) in [6.07, 6.45) is 3.21. The molecule has 5 fully saturated rings. The highest BCUT2D eigenvalue weighted by Gasteiger charge is 2.68. The van der Waals surface area contributed by atoms with Gasteiger partial charge in [-0.3, -0.25) is 14.9 Å². The van der Waals surface area contributed by atoms with Crippen molar-refractivity contribution < 1.29 is 23.9 Å². The van der Waals surface area contributed by atoms with E-state index >= 15 is 0 Å². The van der Waals surface area contributed by atoms with Crippen LogP contribution < -0.4 is 21.4 Å². The average Bonchev–Trinajstić information content (AvgIpc) is 3.51. The molecule has 0 spiro atoms. The topological polar surface area (TPSA) is 160 Å². The quantitative estimate of drug-likeness (QED) is 0.0787. The van der Waals surface area contributed by atoms with Gasteiger partial charge in [-0.2, -0.15) is 0 Å². The van der Waals surface area contributed by atoms with Gasteiger partial charge in [0.2, 0.25) is 18.1 Å². The molecule has 5 aliphatic rings. The van der Waals surface area contributed by atoms with E-state index < -0.39 is 24.5 Å². The summed E-state index contributed by atoms with van der Waals surface area (Å²) < 4.78 is 13.2. The van der Waals surface area contributed by atoms with Crippen molar-refractivity contribution in [2.75, 3.05) is 27.2 Å². The molecule has 39 heavy (non-hydrogen) atoms. The first kappa shape index (κ1) is 30.0. The molecule has 2 heterocycles. The molecule has 2 saturated heterocycles. The number of carbonyl (C=O) groups excluding carboxylic acids is 2. The lowest BCUT2D eigenvalue weighted by atomic mass is 9.43. The van der Waals surface area contributed by atoms with Gasteiger partial charge in [0.05, 0.1) is 24.2 Å². The molecule has 0 aromatic carbocycles. The number of hydrazine groups is 2. The lowest BCUT2D eigenvalue weighted by Crippen LogP contribution is -2.65. The van der Waals surface area contributed by atoms with Crippen molar-refractivity contribution in [1.82, 2.24) is 31.4 Å². The molecular weight excluding hydrogens is 505 g/mol. The Hall–Kier alpha value is -2.00. The van der Waals surface area contributed by atoms with Gasteiger partial charge in [0.25, 0.3) is 0 Å². The van der Waals surface area contributed by atoms with E-state index in [-0.39, 0.29) is 41.4 Å². The number of hydrogen-bond acceptors (Lipinski definition) is 9. The summed E-state index contributed by atoms with van der Waals surface area (Å²) in [4.78, 5) is 38.7. The van der Waals surface area contributed by atoms with Crippen LogP contribution in [0, 0.1) is 33.3 Å². The molecule has 14 heteroatoms. The molecule has 3 aliphatic carbocycles. The number of hydrogen-bond donors (Lipinski definition) is 4. The minimum Gasteiger partial charge on any atom is -0.404 e.